The molecule has 2 amide bonds. The molecule has 1 aromatic heterocycles. The predicted molar refractivity (Wildman–Crippen MR) is 128 cm³/mol. The summed E-state index contributed by atoms with van der Waals surface area (Å²) in [5.74, 6) is 0.188. The van der Waals surface area contributed by atoms with Crippen LogP contribution in [0.1, 0.15) is 37.5 Å². The SMILES string of the molecule is COc1ccc(C(=O)N2CCc3c(n(Cc4ccc(C(=O)NO)cc4)c4ccccc34)C2)cc1. The minimum Gasteiger partial charge on any atom is -0.497 e. The minimum absolute atomic E-state index is 0.00415. The van der Waals surface area contributed by atoms with Crippen LogP contribution in [0.3, 0.4) is 0 Å². The summed E-state index contributed by atoms with van der Waals surface area (Å²) < 4.78 is 7.47. The Morgan fingerprint density at radius 1 is 0.971 bits per heavy atom. The Morgan fingerprint density at radius 3 is 2.38 bits per heavy atom. The Hall–Kier alpha value is -4.10. The quantitative estimate of drug-likeness (QED) is 0.352. The molecule has 0 aliphatic carbocycles. The van der Waals surface area contributed by atoms with E-state index in [1.165, 1.54) is 10.9 Å². The number of fused-ring (bicyclic) bond motifs is 3. The third-order valence-corrected chi connectivity index (χ3v) is 6.45. The van der Waals surface area contributed by atoms with Crippen molar-refractivity contribution in [3.8, 4) is 5.75 Å². The van der Waals surface area contributed by atoms with Crippen LogP contribution < -0.4 is 10.2 Å². The molecule has 1 aliphatic heterocycles. The van der Waals surface area contributed by atoms with Crippen LogP contribution in [0.25, 0.3) is 10.9 Å². The van der Waals surface area contributed by atoms with Gasteiger partial charge in [0.15, 0.2) is 0 Å². The molecule has 0 unspecified atom stereocenters. The average molecular weight is 456 g/mol. The third kappa shape index (κ3) is 3.91. The number of carbonyl (C=O) groups excluding carboxylic acids is 2. The largest absolute Gasteiger partial charge is 0.497 e. The van der Waals surface area contributed by atoms with E-state index < -0.39 is 5.91 Å². The first-order chi connectivity index (χ1) is 16.6. The summed E-state index contributed by atoms with van der Waals surface area (Å²) in [6.45, 7) is 1.80. The first kappa shape index (κ1) is 21.7. The molecule has 7 nitrogen and oxygen atoms in total. The van der Waals surface area contributed by atoms with Crippen LogP contribution in [0.5, 0.6) is 5.75 Å². The van der Waals surface area contributed by atoms with Gasteiger partial charge >= 0.3 is 0 Å². The van der Waals surface area contributed by atoms with Gasteiger partial charge in [0.25, 0.3) is 11.8 Å². The third-order valence-electron chi connectivity index (χ3n) is 6.45. The number of para-hydroxylation sites is 1. The van der Waals surface area contributed by atoms with Gasteiger partial charge in [-0.25, -0.2) is 5.48 Å². The Morgan fingerprint density at radius 2 is 1.68 bits per heavy atom. The lowest BCUT2D eigenvalue weighted by molar-refractivity contribution is 0.0705. The highest BCUT2D eigenvalue weighted by Crippen LogP contribution is 2.32. The van der Waals surface area contributed by atoms with Crippen molar-refractivity contribution in [2.24, 2.45) is 0 Å². The fraction of sp³-hybridized carbons (Fsp3) is 0.185. The minimum atomic E-state index is -0.539. The Bertz CT molecular complexity index is 1360. The van der Waals surface area contributed by atoms with Crippen molar-refractivity contribution in [3.05, 3.63) is 101 Å². The van der Waals surface area contributed by atoms with Crippen molar-refractivity contribution < 1.29 is 19.5 Å². The van der Waals surface area contributed by atoms with E-state index >= 15 is 0 Å². The number of benzene rings is 3. The molecule has 5 rings (SSSR count). The number of hydroxylamine groups is 1. The molecule has 0 bridgehead atoms. The Balaban J connectivity index is 1.47. The van der Waals surface area contributed by atoms with Crippen LogP contribution in [-0.4, -0.2) is 40.1 Å². The van der Waals surface area contributed by atoms with Crippen LogP contribution in [0.4, 0.5) is 0 Å². The molecule has 0 radical (unpaired) electrons. The summed E-state index contributed by atoms with van der Waals surface area (Å²) in [6, 6.07) is 22.7. The number of carbonyl (C=O) groups is 2. The highest BCUT2D eigenvalue weighted by Gasteiger charge is 2.27. The summed E-state index contributed by atoms with van der Waals surface area (Å²) in [5.41, 5.74) is 7.26. The van der Waals surface area contributed by atoms with Gasteiger partial charge in [-0.05, 0) is 60.0 Å². The van der Waals surface area contributed by atoms with Crippen molar-refractivity contribution in [3.63, 3.8) is 0 Å². The molecule has 34 heavy (non-hydrogen) atoms. The molecule has 0 saturated carbocycles. The Labute approximate surface area is 197 Å². The number of rotatable bonds is 5. The van der Waals surface area contributed by atoms with Gasteiger partial charge in [-0.15, -0.1) is 0 Å². The first-order valence-electron chi connectivity index (χ1n) is 11.1. The zero-order valence-corrected chi connectivity index (χ0v) is 18.8. The van der Waals surface area contributed by atoms with E-state index in [0.29, 0.717) is 30.8 Å². The van der Waals surface area contributed by atoms with Gasteiger partial charge in [0.2, 0.25) is 0 Å². The molecular weight excluding hydrogens is 430 g/mol. The lowest BCUT2D eigenvalue weighted by Gasteiger charge is -2.29. The molecule has 0 spiro atoms. The second-order valence-electron chi connectivity index (χ2n) is 8.37. The second kappa shape index (κ2) is 9.03. The fourth-order valence-corrected chi connectivity index (χ4v) is 4.67. The summed E-state index contributed by atoms with van der Waals surface area (Å²) in [4.78, 5) is 26.8. The number of aromatic nitrogens is 1. The Kier molecular flexibility index (Phi) is 5.77. The number of ether oxygens (including phenoxy) is 1. The van der Waals surface area contributed by atoms with Gasteiger partial charge in [0.1, 0.15) is 5.75 Å². The topological polar surface area (TPSA) is 83.8 Å². The second-order valence-corrected chi connectivity index (χ2v) is 8.37. The summed E-state index contributed by atoms with van der Waals surface area (Å²) >= 11 is 0. The molecule has 0 saturated heterocycles. The molecule has 172 valence electrons. The van der Waals surface area contributed by atoms with Crippen molar-refractivity contribution >= 4 is 22.7 Å². The maximum Gasteiger partial charge on any atom is 0.274 e. The first-order valence-corrected chi connectivity index (χ1v) is 11.1. The van der Waals surface area contributed by atoms with Gasteiger partial charge in [-0.2, -0.15) is 0 Å². The van der Waals surface area contributed by atoms with Crippen molar-refractivity contribution in [1.29, 1.82) is 0 Å². The highest BCUT2D eigenvalue weighted by atomic mass is 16.5. The van der Waals surface area contributed by atoms with Gasteiger partial charge in [-0.1, -0.05) is 30.3 Å². The number of methoxy groups -OCH3 is 1. The zero-order chi connectivity index (χ0) is 23.7. The van der Waals surface area contributed by atoms with Crippen LogP contribution in [0.2, 0.25) is 0 Å². The monoisotopic (exact) mass is 455 g/mol. The highest BCUT2D eigenvalue weighted by molar-refractivity contribution is 5.95. The summed E-state index contributed by atoms with van der Waals surface area (Å²) in [7, 11) is 1.61. The van der Waals surface area contributed by atoms with Crippen LogP contribution in [-0.2, 0) is 19.5 Å². The standard InChI is InChI=1S/C27H25N3O4/c1-34-21-12-10-20(11-13-21)27(32)29-15-14-23-22-4-2-3-5-24(22)30(25(23)17-29)16-18-6-8-19(9-7-18)26(31)28-33/h2-13,33H,14-17H2,1H3,(H,28,31). The van der Waals surface area contributed by atoms with Gasteiger partial charge in [-0.3, -0.25) is 14.8 Å². The number of hydrogen-bond donors (Lipinski definition) is 2. The normalized spacial score (nSPS) is 12.9. The molecule has 1 aliphatic rings. The molecule has 2 heterocycles. The van der Waals surface area contributed by atoms with E-state index in [4.69, 9.17) is 9.94 Å². The summed E-state index contributed by atoms with van der Waals surface area (Å²) in [5, 5.41) is 10.1. The average Bonchev–Trinajstić information content (AvgIpc) is 3.21. The van der Waals surface area contributed by atoms with E-state index in [1.807, 2.05) is 29.2 Å². The molecule has 0 atom stereocenters. The van der Waals surface area contributed by atoms with Gasteiger partial charge < -0.3 is 14.2 Å². The number of nitrogens with zero attached hydrogens (tertiary/aromatic N) is 2. The number of hydrogen-bond acceptors (Lipinski definition) is 4. The molecule has 3 aromatic carbocycles. The van der Waals surface area contributed by atoms with Crippen LogP contribution in [0.15, 0.2) is 72.8 Å². The number of amides is 2. The van der Waals surface area contributed by atoms with E-state index in [0.717, 1.165) is 28.9 Å². The predicted octanol–water partition coefficient (Wildman–Crippen LogP) is 4.02. The molecule has 4 aromatic rings. The maximum absolute atomic E-state index is 13.2. The lowest BCUT2D eigenvalue weighted by atomic mass is 10.0. The van der Waals surface area contributed by atoms with Gasteiger partial charge in [0, 0.05) is 40.8 Å². The molecule has 0 fully saturated rings. The van der Waals surface area contributed by atoms with Crippen molar-refractivity contribution in [2.75, 3.05) is 13.7 Å². The molecule has 2 N–H and O–H groups in total. The zero-order valence-electron chi connectivity index (χ0n) is 18.8. The fourth-order valence-electron chi connectivity index (χ4n) is 4.67. The number of nitrogens with one attached hydrogen (secondary N) is 1. The van der Waals surface area contributed by atoms with Crippen molar-refractivity contribution in [2.45, 2.75) is 19.5 Å². The molecular formula is C27H25N3O4. The van der Waals surface area contributed by atoms with E-state index in [-0.39, 0.29) is 5.91 Å². The van der Waals surface area contributed by atoms with E-state index in [1.54, 1.807) is 49.0 Å². The van der Waals surface area contributed by atoms with Crippen molar-refractivity contribution in [1.82, 2.24) is 14.9 Å². The smallest absolute Gasteiger partial charge is 0.274 e. The van der Waals surface area contributed by atoms with Gasteiger partial charge in [0.05, 0.1) is 13.7 Å². The lowest BCUT2D eigenvalue weighted by Crippen LogP contribution is -2.36. The summed E-state index contributed by atoms with van der Waals surface area (Å²) in [6.07, 6.45) is 0.792. The van der Waals surface area contributed by atoms with E-state index in [9.17, 15) is 9.59 Å². The molecule has 7 heteroatoms. The van der Waals surface area contributed by atoms with Crippen LogP contribution >= 0.6 is 0 Å². The van der Waals surface area contributed by atoms with Crippen LogP contribution in [0, 0.1) is 0 Å². The van der Waals surface area contributed by atoms with E-state index in [2.05, 4.69) is 16.7 Å². The maximum atomic E-state index is 13.2.